The van der Waals surface area contributed by atoms with E-state index in [0.717, 1.165) is 49.6 Å². The number of guanidine groups is 1. The van der Waals surface area contributed by atoms with E-state index in [4.69, 9.17) is 9.73 Å². The molecule has 0 unspecified atom stereocenters. The lowest BCUT2D eigenvalue weighted by Gasteiger charge is -2.32. The van der Waals surface area contributed by atoms with Crippen LogP contribution in [-0.4, -0.2) is 56.4 Å². The van der Waals surface area contributed by atoms with Gasteiger partial charge in [0.15, 0.2) is 17.5 Å². The molecule has 0 bridgehead atoms. The largest absolute Gasteiger partial charge is 0.494 e. The summed E-state index contributed by atoms with van der Waals surface area (Å²) >= 11 is 0. The van der Waals surface area contributed by atoms with Crippen LogP contribution in [0.4, 0.5) is 10.1 Å². The summed E-state index contributed by atoms with van der Waals surface area (Å²) in [6.07, 6.45) is 2.08. The first kappa shape index (κ1) is 27.2. The molecule has 3 rings (SSSR count). The van der Waals surface area contributed by atoms with Crippen molar-refractivity contribution < 1.29 is 14.2 Å². The third kappa shape index (κ3) is 7.74. The second kappa shape index (κ2) is 13.6. The van der Waals surface area contributed by atoms with Gasteiger partial charge in [-0.1, -0.05) is 18.2 Å². The zero-order valence-electron chi connectivity index (χ0n) is 19.8. The number of halogens is 2. The molecule has 0 saturated carbocycles. The van der Waals surface area contributed by atoms with Crippen LogP contribution in [0.2, 0.25) is 0 Å². The maximum Gasteiger partial charge on any atom is 0.194 e. The molecule has 0 amide bonds. The molecule has 2 aromatic carbocycles. The Bertz CT molecular complexity index is 886. The van der Waals surface area contributed by atoms with Gasteiger partial charge in [-0.25, -0.2) is 9.38 Å². The van der Waals surface area contributed by atoms with E-state index in [1.54, 1.807) is 6.07 Å². The SMILES string of the molecule is CCNC(=NCc1ccc(N2CCC(CO)CC2)cc1)N(C)Cc1ccc(OC)c(F)c1.I. The number of benzene rings is 2. The second-order valence-corrected chi connectivity index (χ2v) is 8.27. The average Bonchev–Trinajstić information content (AvgIpc) is 2.82. The van der Waals surface area contributed by atoms with Crippen molar-refractivity contribution in [3.05, 3.63) is 59.4 Å². The van der Waals surface area contributed by atoms with Gasteiger partial charge >= 0.3 is 0 Å². The van der Waals surface area contributed by atoms with Gasteiger partial charge in [-0.3, -0.25) is 0 Å². The number of piperidine rings is 1. The van der Waals surface area contributed by atoms with Crippen LogP contribution in [0, 0.1) is 11.7 Å². The second-order valence-electron chi connectivity index (χ2n) is 8.27. The summed E-state index contributed by atoms with van der Waals surface area (Å²) < 4.78 is 19.0. The number of methoxy groups -OCH3 is 1. The Balaban J connectivity index is 0.00000385. The van der Waals surface area contributed by atoms with Crippen molar-refractivity contribution in [2.45, 2.75) is 32.9 Å². The highest BCUT2D eigenvalue weighted by molar-refractivity contribution is 14.0. The zero-order valence-corrected chi connectivity index (χ0v) is 22.1. The summed E-state index contributed by atoms with van der Waals surface area (Å²) in [7, 11) is 3.41. The van der Waals surface area contributed by atoms with Crippen LogP contribution < -0.4 is 15.0 Å². The number of hydrogen-bond acceptors (Lipinski definition) is 4. The molecule has 0 spiro atoms. The Morgan fingerprint density at radius 1 is 1.18 bits per heavy atom. The lowest BCUT2D eigenvalue weighted by Crippen LogP contribution is -2.38. The van der Waals surface area contributed by atoms with Crippen LogP contribution in [0.25, 0.3) is 0 Å². The highest BCUT2D eigenvalue weighted by Crippen LogP contribution is 2.23. The predicted molar refractivity (Wildman–Crippen MR) is 143 cm³/mol. The maximum absolute atomic E-state index is 14.0. The number of anilines is 1. The van der Waals surface area contributed by atoms with Crippen LogP contribution in [0.15, 0.2) is 47.5 Å². The Hall–Kier alpha value is -2.07. The van der Waals surface area contributed by atoms with E-state index in [1.165, 1.54) is 18.9 Å². The summed E-state index contributed by atoms with van der Waals surface area (Å²) in [6, 6.07) is 13.6. The molecule has 0 radical (unpaired) electrons. The fourth-order valence-corrected chi connectivity index (χ4v) is 3.98. The van der Waals surface area contributed by atoms with Crippen molar-refractivity contribution in [2.75, 3.05) is 45.3 Å². The lowest BCUT2D eigenvalue weighted by molar-refractivity contribution is 0.203. The van der Waals surface area contributed by atoms with Gasteiger partial charge in [0.05, 0.1) is 13.7 Å². The first-order chi connectivity index (χ1) is 15.5. The van der Waals surface area contributed by atoms with E-state index >= 15 is 0 Å². The van der Waals surface area contributed by atoms with Gasteiger partial charge in [0.1, 0.15) is 0 Å². The predicted octanol–water partition coefficient (Wildman–Crippen LogP) is 4.26. The Labute approximate surface area is 213 Å². The molecule has 1 aliphatic rings. The molecule has 0 aromatic heterocycles. The normalized spacial score (nSPS) is 14.6. The van der Waals surface area contributed by atoms with Gasteiger partial charge < -0.3 is 25.0 Å². The van der Waals surface area contributed by atoms with Crippen LogP contribution in [0.5, 0.6) is 5.75 Å². The third-order valence-corrected chi connectivity index (χ3v) is 5.92. The summed E-state index contributed by atoms with van der Waals surface area (Å²) in [5.74, 6) is 1.11. The number of hydrogen-bond donors (Lipinski definition) is 2. The number of aliphatic imine (C=N–C) groups is 1. The first-order valence-electron chi connectivity index (χ1n) is 11.3. The molecule has 1 heterocycles. The Morgan fingerprint density at radius 2 is 1.85 bits per heavy atom. The Kier molecular flexibility index (Phi) is 11.2. The van der Waals surface area contributed by atoms with Crippen molar-refractivity contribution in [1.82, 2.24) is 10.2 Å². The highest BCUT2D eigenvalue weighted by atomic mass is 127. The first-order valence-corrected chi connectivity index (χ1v) is 11.3. The topological polar surface area (TPSA) is 60.3 Å². The summed E-state index contributed by atoms with van der Waals surface area (Å²) in [5.41, 5.74) is 3.21. The van der Waals surface area contributed by atoms with Crippen molar-refractivity contribution >= 4 is 35.6 Å². The highest BCUT2D eigenvalue weighted by Gasteiger charge is 2.18. The minimum Gasteiger partial charge on any atom is -0.494 e. The fourth-order valence-electron chi connectivity index (χ4n) is 3.98. The minimum absolute atomic E-state index is 0. The van der Waals surface area contributed by atoms with E-state index in [0.29, 0.717) is 25.6 Å². The van der Waals surface area contributed by atoms with Gasteiger partial charge in [0.2, 0.25) is 0 Å². The molecule has 8 heteroatoms. The summed E-state index contributed by atoms with van der Waals surface area (Å²) in [5, 5.41) is 12.6. The van der Waals surface area contributed by atoms with Crippen LogP contribution in [-0.2, 0) is 13.1 Å². The maximum atomic E-state index is 14.0. The van der Waals surface area contributed by atoms with Crippen LogP contribution in [0.1, 0.15) is 30.9 Å². The standard InChI is InChI=1S/C25H35FN4O2.HI/c1-4-27-25(29(2)17-21-7-10-24(32-3)23(26)15-21)28-16-19-5-8-22(9-6-19)30-13-11-20(18-31)12-14-30;/h5-10,15,20,31H,4,11-14,16-18H2,1-3H3,(H,27,28);1H. The van der Waals surface area contributed by atoms with E-state index in [-0.39, 0.29) is 35.5 Å². The summed E-state index contributed by atoms with van der Waals surface area (Å²) in [6.45, 7) is 6.16. The molecule has 0 atom stereocenters. The van der Waals surface area contributed by atoms with Crippen LogP contribution >= 0.6 is 24.0 Å². The van der Waals surface area contributed by atoms with E-state index < -0.39 is 0 Å². The molecule has 2 N–H and O–H groups in total. The number of ether oxygens (including phenoxy) is 1. The van der Waals surface area contributed by atoms with Gasteiger partial charge in [-0.15, -0.1) is 24.0 Å². The number of nitrogens with zero attached hydrogens (tertiary/aromatic N) is 3. The van der Waals surface area contributed by atoms with Crippen molar-refractivity contribution in [3.8, 4) is 5.75 Å². The van der Waals surface area contributed by atoms with Gasteiger partial charge in [-0.05, 0) is 61.1 Å². The fraction of sp³-hybridized carbons (Fsp3) is 0.480. The smallest absolute Gasteiger partial charge is 0.194 e. The molecule has 1 fully saturated rings. The molecule has 33 heavy (non-hydrogen) atoms. The average molecular weight is 570 g/mol. The number of aliphatic hydroxyl groups excluding tert-OH is 1. The third-order valence-electron chi connectivity index (χ3n) is 5.92. The minimum atomic E-state index is -0.360. The Morgan fingerprint density at radius 3 is 2.42 bits per heavy atom. The van der Waals surface area contributed by atoms with Gasteiger partial charge in [0, 0.05) is 45.5 Å². The molecular formula is C25H36FIN4O2. The van der Waals surface area contributed by atoms with E-state index in [9.17, 15) is 9.50 Å². The molecule has 2 aromatic rings. The molecular weight excluding hydrogens is 534 g/mol. The molecule has 1 aliphatic heterocycles. The lowest BCUT2D eigenvalue weighted by atomic mass is 9.97. The quantitative estimate of drug-likeness (QED) is 0.282. The van der Waals surface area contributed by atoms with E-state index in [1.807, 2.05) is 24.9 Å². The summed E-state index contributed by atoms with van der Waals surface area (Å²) in [4.78, 5) is 9.14. The van der Waals surface area contributed by atoms with Crippen molar-refractivity contribution in [2.24, 2.45) is 10.9 Å². The molecule has 182 valence electrons. The number of rotatable bonds is 8. The van der Waals surface area contributed by atoms with E-state index in [2.05, 4.69) is 34.5 Å². The molecule has 6 nitrogen and oxygen atoms in total. The molecule has 1 saturated heterocycles. The van der Waals surface area contributed by atoms with Gasteiger partial charge in [0.25, 0.3) is 0 Å². The monoisotopic (exact) mass is 570 g/mol. The van der Waals surface area contributed by atoms with Crippen molar-refractivity contribution in [3.63, 3.8) is 0 Å². The van der Waals surface area contributed by atoms with Gasteiger partial charge in [-0.2, -0.15) is 0 Å². The zero-order chi connectivity index (χ0) is 22.9. The van der Waals surface area contributed by atoms with Crippen molar-refractivity contribution in [1.29, 1.82) is 0 Å². The molecule has 0 aliphatic carbocycles. The number of nitrogens with one attached hydrogen (secondary N) is 1. The number of aliphatic hydroxyl groups is 1. The van der Waals surface area contributed by atoms with Crippen LogP contribution in [0.3, 0.4) is 0 Å².